The van der Waals surface area contributed by atoms with Gasteiger partial charge in [0.1, 0.15) is 52.3 Å². The number of pyridine rings is 7. The van der Waals surface area contributed by atoms with Gasteiger partial charge in [0.15, 0.2) is 84.0 Å². The van der Waals surface area contributed by atoms with Gasteiger partial charge in [-0.15, -0.1) is 0 Å². The second-order valence-electron chi connectivity index (χ2n) is 28.7. The highest BCUT2D eigenvalue weighted by Crippen LogP contribution is 2.43. The number of para-hydroxylation sites is 1. The Labute approximate surface area is 757 Å². The fourth-order valence-electron chi connectivity index (χ4n) is 12.5. The largest absolute Gasteiger partial charge is 0.496 e. The van der Waals surface area contributed by atoms with Crippen LogP contribution in [0, 0.1) is 25.6 Å². The number of furan rings is 2. The lowest BCUT2D eigenvalue weighted by molar-refractivity contribution is -0.301. The molecule has 0 spiro atoms. The van der Waals surface area contributed by atoms with Gasteiger partial charge in [-0.1, -0.05) is 97.5 Å². The van der Waals surface area contributed by atoms with Gasteiger partial charge in [0.05, 0.1) is 7.11 Å². The first-order valence-electron chi connectivity index (χ1n) is 39.9. The summed E-state index contributed by atoms with van der Waals surface area (Å²) in [6.45, 7) is 5.00. The number of aryl methyl sites for hydroxylation is 2. The third-order valence-electron chi connectivity index (χ3n) is 18.9. The third kappa shape index (κ3) is 22.4. The minimum Gasteiger partial charge on any atom is -0.496 e. The van der Waals surface area contributed by atoms with E-state index >= 15 is 0 Å². The van der Waals surface area contributed by atoms with E-state index in [9.17, 15) is 30.7 Å². The van der Waals surface area contributed by atoms with Gasteiger partial charge in [0.25, 0.3) is 0 Å². The maximum atomic E-state index is 13.6. The molecule has 0 aliphatic carbocycles. The summed E-state index contributed by atoms with van der Waals surface area (Å²) in [7, 11) is 1.65. The van der Waals surface area contributed by atoms with Crippen LogP contribution in [0.2, 0.25) is 10.0 Å². The van der Waals surface area contributed by atoms with Crippen LogP contribution in [0.4, 0.5) is 111 Å². The van der Waals surface area contributed by atoms with Gasteiger partial charge in [-0.3, -0.25) is 9.97 Å². The SMILES string of the molecule is CC(F)(F)C(F)(F)Oc1cccc(Nc2noc3cccnc23)c1.CC1(F)Oc2ccc(Nc3noc4cccnc34)cc2O1.COc1cc(Nc2noc3cccnc23)ccc1C.Cc1ccc(Nc2noc3cccnc23)cc1F.Clc1cccc(Nc2coc3cccnc23)c1.Fc1ccc2onc(Nc3cccc(Cl)c3)c2n1.c1ccc(Nc2coc3cccnc23)cc1. The van der Waals surface area contributed by atoms with Crippen LogP contribution < -0.4 is 56.2 Å². The van der Waals surface area contributed by atoms with Gasteiger partial charge in [0.2, 0.25) is 29.2 Å². The highest BCUT2D eigenvalue weighted by atomic mass is 35.5. The lowest BCUT2D eigenvalue weighted by atomic mass is 10.2. The number of hydrogen-bond donors (Lipinski definition) is 7. The van der Waals surface area contributed by atoms with Gasteiger partial charge < -0.3 is 87.6 Å². The minimum atomic E-state index is -4.63. The van der Waals surface area contributed by atoms with E-state index in [1.54, 1.807) is 142 Å². The number of methoxy groups -OCH3 is 1. The lowest BCUT2D eigenvalue weighted by Crippen LogP contribution is -2.42. The standard InChI is InChI=1S/C15H11F4N3O2.C14H10FN3O3.C14H13N3O2.C13H9ClN2O.C13H10FN3O.C13H10N2O.C12H7ClFN3O/c1-14(16,17)15(18,19)23-10-5-2-4-9(8-10)21-13-12-11(24-22-13)6-3-7-20-12;1-14(15)19-9-5-4-8(7-11(9)20-14)17-13-12-10(21-18-13)3-2-6-16-12;1-9-5-6-10(8-12(9)18-2)16-14-13-11(19-17-14)4-3-7-15-13;14-9-3-1-4-10(7-9)16-11-8-17-12-5-2-6-15-13(11)12;1-8-4-5-9(7-10(8)14)16-13-12-11(18-17-13)3-2-6-15-12;1-2-5-10(6-3-1)15-11-9-16-12-7-4-8-14-13(11)12;13-7-2-1-3-8(6-7)15-12-11-9(18-17-12)4-5-10(14)16-11/h2-8H,1H3,(H,21,22);2-7H,1H3,(H,17,18);3-8H,1-2H3,(H,16,17);1-8,16H;2-7H,1H3,(H,16,17);1-9,15H;1-6H,(H,15,17). The predicted molar refractivity (Wildman–Crippen MR) is 488 cm³/mol. The number of anilines is 14. The Kier molecular flexibility index (Phi) is 26.9. The molecule has 7 aromatic carbocycles. The number of nitrogens with one attached hydrogen (secondary N) is 7. The highest BCUT2D eigenvalue weighted by Gasteiger charge is 2.55. The van der Waals surface area contributed by atoms with Crippen molar-refractivity contribution in [3.8, 4) is 23.0 Å². The van der Waals surface area contributed by atoms with E-state index in [0.29, 0.717) is 123 Å². The summed E-state index contributed by atoms with van der Waals surface area (Å²) >= 11 is 11.8. The van der Waals surface area contributed by atoms with Crippen molar-refractivity contribution >= 4 is 181 Å². The molecule has 0 amide bonds. The smallest absolute Gasteiger partial charge is 0.463 e. The first kappa shape index (κ1) is 89.3. The second kappa shape index (κ2) is 40.1. The molecule has 1 aliphatic rings. The number of benzene rings is 7. The number of halogens is 9. The zero-order valence-corrected chi connectivity index (χ0v) is 71.5. The molecule has 133 heavy (non-hydrogen) atoms. The Morgan fingerprint density at radius 1 is 0.361 bits per heavy atom. The number of fused-ring (bicyclic) bond motifs is 8. The Balaban J connectivity index is 0.000000113. The molecular weight excluding hydrogens is 1780 g/mol. The van der Waals surface area contributed by atoms with Crippen LogP contribution in [0.5, 0.6) is 23.0 Å². The highest BCUT2D eigenvalue weighted by molar-refractivity contribution is 6.31. The fourth-order valence-corrected chi connectivity index (χ4v) is 12.9. The third-order valence-corrected chi connectivity index (χ3v) is 19.3. The molecule has 0 saturated heterocycles. The monoisotopic (exact) mass is 1840 g/mol. The van der Waals surface area contributed by atoms with Gasteiger partial charge in [-0.25, -0.2) is 29.3 Å². The second-order valence-corrected chi connectivity index (χ2v) is 29.6. The Hall–Kier alpha value is -17.1. The van der Waals surface area contributed by atoms with Gasteiger partial charge in [0, 0.05) is 119 Å². The van der Waals surface area contributed by atoms with Crippen molar-refractivity contribution in [3.05, 3.63) is 325 Å². The van der Waals surface area contributed by atoms with E-state index in [2.05, 4.69) is 103 Å². The van der Waals surface area contributed by atoms with E-state index in [1.807, 2.05) is 122 Å². The minimum absolute atomic E-state index is 0.0856. The van der Waals surface area contributed by atoms with Crippen molar-refractivity contribution in [2.75, 3.05) is 44.3 Å². The van der Waals surface area contributed by atoms with E-state index < -0.39 is 29.8 Å². The molecule has 0 saturated carbocycles. The summed E-state index contributed by atoms with van der Waals surface area (Å²) in [6.07, 6.45) is 8.75. The van der Waals surface area contributed by atoms with Crippen molar-refractivity contribution in [3.63, 3.8) is 0 Å². The number of nitrogens with zero attached hydrogens (tertiary/aromatic N) is 12. The van der Waals surface area contributed by atoms with Crippen LogP contribution in [-0.4, -0.2) is 85.9 Å². The first-order chi connectivity index (χ1) is 64.4. The lowest BCUT2D eigenvalue weighted by Gasteiger charge is -2.23. The molecule has 0 fully saturated rings. The van der Waals surface area contributed by atoms with E-state index in [-0.39, 0.29) is 18.6 Å². The molecule has 7 N–H and O–H groups in total. The quantitative estimate of drug-likeness (QED) is 0.0310. The van der Waals surface area contributed by atoms with E-state index in [0.717, 1.165) is 79.8 Å². The zero-order valence-electron chi connectivity index (χ0n) is 70.0. The average Bonchev–Trinajstić information content (AvgIpc) is 1.51. The molecule has 14 aromatic heterocycles. The number of rotatable bonds is 18. The molecule has 15 heterocycles. The summed E-state index contributed by atoms with van der Waals surface area (Å²) in [6, 6.07) is 67.6. The van der Waals surface area contributed by atoms with Gasteiger partial charge >= 0.3 is 18.1 Å². The molecule has 1 unspecified atom stereocenters. The van der Waals surface area contributed by atoms with Crippen LogP contribution in [0.3, 0.4) is 0 Å². The molecule has 22 rings (SSSR count). The molecule has 21 aromatic rings. The summed E-state index contributed by atoms with van der Waals surface area (Å²) in [5.41, 5.74) is 17.1. The fraction of sp³-hybridized carbons (Fsp3) is 0.0851. The summed E-state index contributed by atoms with van der Waals surface area (Å²) in [5, 5.41) is 42.1. The molecular formula is C94H70Cl2F7N19O11. The van der Waals surface area contributed by atoms with Crippen molar-refractivity contribution < 1.29 is 81.1 Å². The molecule has 39 heteroatoms. The molecule has 30 nitrogen and oxygen atoms in total. The first-order valence-corrected chi connectivity index (χ1v) is 40.6. The number of hydrogen-bond acceptors (Lipinski definition) is 30. The Morgan fingerprint density at radius 3 is 1.21 bits per heavy atom. The van der Waals surface area contributed by atoms with Gasteiger partial charge in [-0.2, -0.15) is 26.3 Å². The topological polar surface area (TPSA) is 368 Å². The van der Waals surface area contributed by atoms with E-state index in [4.69, 9.17) is 68.9 Å². The molecule has 1 atom stereocenters. The van der Waals surface area contributed by atoms with Crippen molar-refractivity contribution in [1.82, 2.24) is 60.7 Å². The van der Waals surface area contributed by atoms with Crippen molar-refractivity contribution in [2.24, 2.45) is 0 Å². The maximum absolute atomic E-state index is 13.6. The summed E-state index contributed by atoms with van der Waals surface area (Å²) in [5.74, 6) is -1.91. The van der Waals surface area contributed by atoms with Crippen molar-refractivity contribution in [2.45, 2.75) is 45.8 Å². The summed E-state index contributed by atoms with van der Waals surface area (Å²) < 4.78 is 148. The normalized spacial score (nSPS) is 12.4. The van der Waals surface area contributed by atoms with Crippen LogP contribution in [0.15, 0.2) is 324 Å². The summed E-state index contributed by atoms with van der Waals surface area (Å²) in [4.78, 5) is 29.0. The molecule has 670 valence electrons. The average molecular weight is 1850 g/mol. The Morgan fingerprint density at radius 2 is 0.744 bits per heavy atom. The number of ether oxygens (including phenoxy) is 4. The Bertz CT molecular complexity index is 7590. The van der Waals surface area contributed by atoms with Crippen molar-refractivity contribution in [1.29, 1.82) is 0 Å². The van der Waals surface area contributed by atoms with Gasteiger partial charge in [-0.05, 0) is 201 Å². The maximum Gasteiger partial charge on any atom is 0.463 e. The number of aromatic nitrogens is 12. The van der Waals surface area contributed by atoms with Crippen LogP contribution in [0.25, 0.3) is 77.7 Å². The van der Waals surface area contributed by atoms with Crippen LogP contribution in [-0.2, 0) is 0 Å². The van der Waals surface area contributed by atoms with Crippen LogP contribution in [0.1, 0.15) is 25.0 Å². The molecule has 0 bridgehead atoms. The molecule has 1 aliphatic heterocycles. The zero-order chi connectivity index (χ0) is 92.6. The number of alkyl halides is 5. The predicted octanol–water partition coefficient (Wildman–Crippen LogP) is 26.2. The van der Waals surface area contributed by atoms with Crippen LogP contribution >= 0.6 is 23.2 Å². The van der Waals surface area contributed by atoms with E-state index in [1.165, 1.54) is 43.5 Å². The molecule has 0 radical (unpaired) electrons.